The summed E-state index contributed by atoms with van der Waals surface area (Å²) in [5.41, 5.74) is -0.474. The number of hydrogen-bond donors (Lipinski definition) is 1. The maximum absolute atomic E-state index is 12.5. The summed E-state index contributed by atoms with van der Waals surface area (Å²) in [4.78, 5) is 14.0. The van der Waals surface area contributed by atoms with Crippen LogP contribution in [0.1, 0.15) is 10.4 Å². The van der Waals surface area contributed by atoms with Crippen molar-refractivity contribution in [3.8, 4) is 5.88 Å². The first kappa shape index (κ1) is 13.2. The van der Waals surface area contributed by atoms with Crippen LogP contribution in [-0.2, 0) is 0 Å². The van der Waals surface area contributed by atoms with Gasteiger partial charge in [0, 0.05) is 6.20 Å². The SMILES string of the molecule is O=C(O)c1cccnc1OCC(F)(F)C(F)F. The van der Waals surface area contributed by atoms with Gasteiger partial charge in [-0.3, -0.25) is 0 Å². The Morgan fingerprint density at radius 2 is 2.18 bits per heavy atom. The third-order valence-corrected chi connectivity index (χ3v) is 1.72. The van der Waals surface area contributed by atoms with Crippen molar-refractivity contribution in [3.05, 3.63) is 23.9 Å². The molecule has 4 nitrogen and oxygen atoms in total. The van der Waals surface area contributed by atoms with Crippen molar-refractivity contribution in [1.29, 1.82) is 0 Å². The van der Waals surface area contributed by atoms with E-state index in [9.17, 15) is 22.4 Å². The predicted octanol–water partition coefficient (Wildman–Crippen LogP) is 2.06. The van der Waals surface area contributed by atoms with Crippen LogP contribution in [0, 0.1) is 0 Å². The fraction of sp³-hybridized carbons (Fsp3) is 0.333. The molecule has 0 fully saturated rings. The van der Waals surface area contributed by atoms with Crippen LogP contribution in [0.25, 0.3) is 0 Å². The summed E-state index contributed by atoms with van der Waals surface area (Å²) in [5, 5.41) is 8.65. The smallest absolute Gasteiger partial charge is 0.341 e. The lowest BCUT2D eigenvalue weighted by atomic mass is 10.3. The lowest BCUT2D eigenvalue weighted by Crippen LogP contribution is -2.34. The molecule has 0 aliphatic rings. The number of aromatic carboxylic acids is 1. The number of aromatic nitrogens is 1. The molecular weight excluding hydrogens is 246 g/mol. The molecule has 0 amide bonds. The Morgan fingerprint density at radius 1 is 1.53 bits per heavy atom. The van der Waals surface area contributed by atoms with Crippen molar-refractivity contribution in [2.45, 2.75) is 12.3 Å². The van der Waals surface area contributed by atoms with Gasteiger partial charge in [0.15, 0.2) is 6.61 Å². The Morgan fingerprint density at radius 3 is 2.71 bits per heavy atom. The van der Waals surface area contributed by atoms with Crippen LogP contribution in [0.15, 0.2) is 18.3 Å². The zero-order valence-electron chi connectivity index (χ0n) is 8.24. The van der Waals surface area contributed by atoms with Gasteiger partial charge >= 0.3 is 18.3 Å². The molecule has 0 aliphatic heterocycles. The number of nitrogens with zero attached hydrogens (tertiary/aromatic N) is 1. The van der Waals surface area contributed by atoms with Crippen molar-refractivity contribution in [1.82, 2.24) is 4.98 Å². The number of rotatable bonds is 5. The normalized spacial score (nSPS) is 11.6. The van der Waals surface area contributed by atoms with Gasteiger partial charge in [-0.2, -0.15) is 8.78 Å². The molecule has 0 unspecified atom stereocenters. The molecule has 0 saturated carbocycles. The van der Waals surface area contributed by atoms with Gasteiger partial charge in [-0.05, 0) is 12.1 Å². The van der Waals surface area contributed by atoms with E-state index in [0.29, 0.717) is 0 Å². The summed E-state index contributed by atoms with van der Waals surface area (Å²) in [7, 11) is 0. The Balaban J connectivity index is 2.79. The monoisotopic (exact) mass is 253 g/mol. The van der Waals surface area contributed by atoms with E-state index in [1.807, 2.05) is 0 Å². The molecule has 1 heterocycles. The molecule has 0 radical (unpaired) electrons. The van der Waals surface area contributed by atoms with Crippen LogP contribution in [0.4, 0.5) is 17.6 Å². The van der Waals surface area contributed by atoms with E-state index in [2.05, 4.69) is 9.72 Å². The number of hydrogen-bond acceptors (Lipinski definition) is 3. The zero-order valence-corrected chi connectivity index (χ0v) is 8.24. The van der Waals surface area contributed by atoms with Crippen LogP contribution in [-0.4, -0.2) is 35.0 Å². The fourth-order valence-electron chi connectivity index (χ4n) is 0.896. The molecule has 0 atom stereocenters. The van der Waals surface area contributed by atoms with Crippen molar-refractivity contribution in [2.75, 3.05) is 6.61 Å². The minimum atomic E-state index is -4.35. The largest absolute Gasteiger partial charge is 0.477 e. The summed E-state index contributed by atoms with van der Waals surface area (Å²) < 4.78 is 52.9. The minimum Gasteiger partial charge on any atom is -0.477 e. The lowest BCUT2D eigenvalue weighted by molar-refractivity contribution is -0.148. The van der Waals surface area contributed by atoms with E-state index in [1.165, 1.54) is 6.07 Å². The van der Waals surface area contributed by atoms with Crippen molar-refractivity contribution >= 4 is 5.97 Å². The van der Waals surface area contributed by atoms with E-state index in [-0.39, 0.29) is 0 Å². The maximum atomic E-state index is 12.5. The second-order valence-corrected chi connectivity index (χ2v) is 3.01. The first-order chi connectivity index (χ1) is 7.84. The Labute approximate surface area is 92.8 Å². The Kier molecular flexibility index (Phi) is 3.87. The minimum absolute atomic E-state index is 0.474. The number of ether oxygens (including phenoxy) is 1. The number of carboxylic acids is 1. The van der Waals surface area contributed by atoms with Crippen molar-refractivity contribution in [3.63, 3.8) is 0 Å². The molecule has 1 N–H and O–H groups in total. The average Bonchev–Trinajstić information content (AvgIpc) is 2.26. The van der Waals surface area contributed by atoms with Crippen LogP contribution in [0.2, 0.25) is 0 Å². The molecule has 1 aromatic rings. The number of carboxylic acid groups (broad SMARTS) is 1. The summed E-state index contributed by atoms with van der Waals surface area (Å²) in [6.45, 7) is -1.64. The zero-order chi connectivity index (χ0) is 13.1. The highest BCUT2D eigenvalue weighted by Crippen LogP contribution is 2.24. The summed E-state index contributed by atoms with van der Waals surface area (Å²) in [5.74, 6) is -6.43. The van der Waals surface area contributed by atoms with Crippen molar-refractivity contribution in [2.24, 2.45) is 0 Å². The molecule has 1 rings (SSSR count). The lowest BCUT2D eigenvalue weighted by Gasteiger charge is -2.15. The first-order valence-corrected chi connectivity index (χ1v) is 4.31. The van der Waals surface area contributed by atoms with Crippen LogP contribution in [0.3, 0.4) is 0 Å². The molecule has 17 heavy (non-hydrogen) atoms. The van der Waals surface area contributed by atoms with Gasteiger partial charge < -0.3 is 9.84 Å². The van der Waals surface area contributed by atoms with E-state index in [1.54, 1.807) is 0 Å². The van der Waals surface area contributed by atoms with E-state index < -0.39 is 36.4 Å². The molecule has 1 aromatic heterocycles. The van der Waals surface area contributed by atoms with Crippen LogP contribution in [0.5, 0.6) is 5.88 Å². The molecule has 94 valence electrons. The topological polar surface area (TPSA) is 59.4 Å². The molecule has 8 heteroatoms. The summed E-state index contributed by atoms with van der Waals surface area (Å²) in [6.07, 6.45) is -2.79. The Hall–Kier alpha value is -1.86. The molecule has 0 aromatic carbocycles. The predicted molar refractivity (Wildman–Crippen MR) is 47.6 cm³/mol. The van der Waals surface area contributed by atoms with Gasteiger partial charge in [-0.25, -0.2) is 18.6 Å². The maximum Gasteiger partial charge on any atom is 0.341 e. The van der Waals surface area contributed by atoms with Gasteiger partial charge in [0.25, 0.3) is 0 Å². The van der Waals surface area contributed by atoms with Gasteiger partial charge in [-0.15, -0.1) is 0 Å². The fourth-order valence-corrected chi connectivity index (χ4v) is 0.896. The first-order valence-electron chi connectivity index (χ1n) is 4.31. The third kappa shape index (κ3) is 3.30. The van der Waals surface area contributed by atoms with E-state index in [4.69, 9.17) is 5.11 Å². The van der Waals surface area contributed by atoms with E-state index in [0.717, 1.165) is 12.3 Å². The number of carbonyl (C=O) groups is 1. The third-order valence-electron chi connectivity index (χ3n) is 1.72. The average molecular weight is 253 g/mol. The highest BCUT2D eigenvalue weighted by molar-refractivity contribution is 5.90. The molecule has 0 saturated heterocycles. The molecule has 0 aliphatic carbocycles. The summed E-state index contributed by atoms with van der Waals surface area (Å²) in [6, 6.07) is 2.31. The van der Waals surface area contributed by atoms with Gasteiger partial charge in [-0.1, -0.05) is 0 Å². The Bertz CT molecular complexity index is 411. The highest BCUT2D eigenvalue weighted by Gasteiger charge is 2.42. The second-order valence-electron chi connectivity index (χ2n) is 3.01. The van der Waals surface area contributed by atoms with Crippen LogP contribution < -0.4 is 4.74 Å². The quantitative estimate of drug-likeness (QED) is 0.816. The molecule has 0 bridgehead atoms. The van der Waals surface area contributed by atoms with E-state index >= 15 is 0 Å². The number of alkyl halides is 4. The van der Waals surface area contributed by atoms with Crippen molar-refractivity contribution < 1.29 is 32.2 Å². The molecular formula is C9H7F4NO3. The van der Waals surface area contributed by atoms with Gasteiger partial charge in [0.1, 0.15) is 5.56 Å². The number of halogens is 4. The standard InChI is InChI=1S/C9H7F4NO3/c10-8(11)9(12,13)4-17-6-5(7(15)16)2-1-3-14-6/h1-3,8H,4H2,(H,15,16). The van der Waals surface area contributed by atoms with Gasteiger partial charge in [0.05, 0.1) is 0 Å². The van der Waals surface area contributed by atoms with Crippen LogP contribution >= 0.6 is 0 Å². The second kappa shape index (κ2) is 4.98. The number of pyridine rings is 1. The highest BCUT2D eigenvalue weighted by atomic mass is 19.3. The van der Waals surface area contributed by atoms with Gasteiger partial charge in [0.2, 0.25) is 5.88 Å². The molecule has 0 spiro atoms. The summed E-state index contributed by atoms with van der Waals surface area (Å²) >= 11 is 0.